The molecule has 2 rings (SSSR count). The molecule has 5 heteroatoms. The highest BCUT2D eigenvalue weighted by Crippen LogP contribution is 2.30. The van der Waals surface area contributed by atoms with Crippen molar-refractivity contribution in [1.82, 2.24) is 15.5 Å². The minimum absolute atomic E-state index is 0.0220. The van der Waals surface area contributed by atoms with Crippen molar-refractivity contribution in [3.63, 3.8) is 0 Å². The first kappa shape index (κ1) is 12.1. The molecule has 1 aromatic heterocycles. The van der Waals surface area contributed by atoms with Crippen molar-refractivity contribution in [2.45, 2.75) is 50.6 Å². The van der Waals surface area contributed by atoms with Crippen LogP contribution in [0.3, 0.4) is 0 Å². The Morgan fingerprint density at radius 1 is 1.65 bits per heavy atom. The van der Waals surface area contributed by atoms with Crippen molar-refractivity contribution in [2.75, 3.05) is 0 Å². The van der Waals surface area contributed by atoms with Gasteiger partial charge in [-0.25, -0.2) is 0 Å². The molecule has 0 spiro atoms. The number of H-pyrrole nitrogens is 1. The summed E-state index contributed by atoms with van der Waals surface area (Å²) in [4.78, 5) is 11.9. The summed E-state index contributed by atoms with van der Waals surface area (Å²) >= 11 is 0. The van der Waals surface area contributed by atoms with Gasteiger partial charge >= 0.3 is 0 Å². The van der Waals surface area contributed by atoms with E-state index in [-0.39, 0.29) is 17.5 Å². The Bertz CT molecular complexity index is 368. The van der Waals surface area contributed by atoms with Gasteiger partial charge in [0, 0.05) is 23.7 Å². The second-order valence-corrected chi connectivity index (χ2v) is 5.07. The molecule has 1 fully saturated rings. The largest absolute Gasteiger partial charge is 0.349 e. The Labute approximate surface area is 101 Å². The molecule has 1 saturated carbocycles. The maximum atomic E-state index is 11.9. The third-order valence-electron chi connectivity index (χ3n) is 3.51. The minimum atomic E-state index is -0.278. The topological polar surface area (TPSA) is 83.8 Å². The summed E-state index contributed by atoms with van der Waals surface area (Å²) in [6.45, 7) is 1.95. The van der Waals surface area contributed by atoms with Gasteiger partial charge in [-0.15, -0.1) is 0 Å². The van der Waals surface area contributed by atoms with E-state index in [1.807, 2.05) is 6.92 Å². The zero-order valence-electron chi connectivity index (χ0n) is 10.2. The maximum absolute atomic E-state index is 11.9. The highest BCUT2D eigenvalue weighted by Gasteiger charge is 2.31. The van der Waals surface area contributed by atoms with Gasteiger partial charge in [0.05, 0.1) is 12.2 Å². The number of hydrogen-bond acceptors (Lipinski definition) is 3. The molecule has 0 aromatic carbocycles. The average Bonchev–Trinajstić information content (AvgIpc) is 2.88. The molecule has 0 aliphatic heterocycles. The Balaban J connectivity index is 1.85. The monoisotopic (exact) mass is 236 g/mol. The fourth-order valence-electron chi connectivity index (χ4n) is 2.45. The van der Waals surface area contributed by atoms with E-state index in [4.69, 9.17) is 5.73 Å². The Morgan fingerprint density at radius 2 is 2.35 bits per heavy atom. The molecule has 1 heterocycles. The summed E-state index contributed by atoms with van der Waals surface area (Å²) in [5.41, 5.74) is 6.88. The molecular weight excluding hydrogens is 216 g/mol. The van der Waals surface area contributed by atoms with Crippen LogP contribution in [0.15, 0.2) is 12.4 Å². The molecule has 1 atom stereocenters. The SMILES string of the molecule is CC(NC(=O)CC1(N)CCCC1)c1cn[nH]c1. The summed E-state index contributed by atoms with van der Waals surface area (Å²) in [6.07, 6.45) is 8.13. The smallest absolute Gasteiger partial charge is 0.222 e. The Hall–Kier alpha value is -1.36. The van der Waals surface area contributed by atoms with Gasteiger partial charge in [-0.05, 0) is 19.8 Å². The van der Waals surface area contributed by atoms with E-state index in [1.165, 1.54) is 0 Å². The minimum Gasteiger partial charge on any atom is -0.349 e. The molecule has 0 bridgehead atoms. The van der Waals surface area contributed by atoms with Crippen molar-refractivity contribution in [3.8, 4) is 0 Å². The first-order valence-electron chi connectivity index (χ1n) is 6.16. The van der Waals surface area contributed by atoms with Crippen LogP contribution in [0, 0.1) is 0 Å². The van der Waals surface area contributed by atoms with E-state index in [0.717, 1.165) is 31.2 Å². The fraction of sp³-hybridized carbons (Fsp3) is 0.667. The molecule has 0 radical (unpaired) electrons. The average molecular weight is 236 g/mol. The van der Waals surface area contributed by atoms with E-state index < -0.39 is 0 Å². The summed E-state index contributed by atoms with van der Waals surface area (Å²) in [6, 6.07) is -0.0220. The molecule has 94 valence electrons. The van der Waals surface area contributed by atoms with Gasteiger partial charge in [0.2, 0.25) is 5.91 Å². The van der Waals surface area contributed by atoms with Crippen LogP contribution in [0.4, 0.5) is 0 Å². The zero-order valence-corrected chi connectivity index (χ0v) is 10.2. The number of hydrogen-bond donors (Lipinski definition) is 3. The fourth-order valence-corrected chi connectivity index (χ4v) is 2.45. The lowest BCUT2D eigenvalue weighted by Gasteiger charge is -2.23. The first-order valence-corrected chi connectivity index (χ1v) is 6.16. The van der Waals surface area contributed by atoms with Gasteiger partial charge in [-0.2, -0.15) is 5.10 Å². The molecule has 1 amide bonds. The van der Waals surface area contributed by atoms with Crippen LogP contribution < -0.4 is 11.1 Å². The molecule has 1 unspecified atom stereocenters. The predicted molar refractivity (Wildman–Crippen MR) is 65.1 cm³/mol. The second-order valence-electron chi connectivity index (χ2n) is 5.07. The van der Waals surface area contributed by atoms with E-state index >= 15 is 0 Å². The van der Waals surface area contributed by atoms with Crippen LogP contribution >= 0.6 is 0 Å². The highest BCUT2D eigenvalue weighted by molar-refractivity contribution is 5.77. The van der Waals surface area contributed by atoms with E-state index in [2.05, 4.69) is 15.5 Å². The number of aromatic amines is 1. The van der Waals surface area contributed by atoms with E-state index in [1.54, 1.807) is 12.4 Å². The first-order chi connectivity index (χ1) is 8.09. The van der Waals surface area contributed by atoms with Gasteiger partial charge in [0.1, 0.15) is 0 Å². The normalized spacial score (nSPS) is 20.1. The lowest BCUT2D eigenvalue weighted by Crippen LogP contribution is -2.42. The van der Waals surface area contributed by atoms with Crippen molar-refractivity contribution >= 4 is 5.91 Å². The van der Waals surface area contributed by atoms with Crippen LogP contribution in [-0.4, -0.2) is 21.6 Å². The number of nitrogens with two attached hydrogens (primary N) is 1. The number of carbonyl (C=O) groups excluding carboxylic acids is 1. The number of amides is 1. The molecular formula is C12H20N4O. The molecule has 5 nitrogen and oxygen atoms in total. The zero-order chi connectivity index (χ0) is 12.3. The number of rotatable bonds is 4. The predicted octanol–water partition coefficient (Wildman–Crippen LogP) is 1.25. The Morgan fingerprint density at radius 3 is 2.94 bits per heavy atom. The summed E-state index contributed by atoms with van der Waals surface area (Å²) < 4.78 is 0. The van der Waals surface area contributed by atoms with Crippen LogP contribution in [0.2, 0.25) is 0 Å². The third kappa shape index (κ3) is 3.06. The molecule has 1 aliphatic rings. The lowest BCUT2D eigenvalue weighted by atomic mass is 9.94. The number of nitrogens with zero attached hydrogens (tertiary/aromatic N) is 1. The van der Waals surface area contributed by atoms with Crippen LogP contribution in [0.1, 0.15) is 50.6 Å². The summed E-state index contributed by atoms with van der Waals surface area (Å²) in [5, 5.41) is 9.56. The standard InChI is InChI=1S/C12H20N4O/c1-9(10-7-14-15-8-10)16-11(17)6-12(13)4-2-3-5-12/h7-9H,2-6,13H2,1H3,(H,14,15)(H,16,17). The highest BCUT2D eigenvalue weighted by atomic mass is 16.1. The van der Waals surface area contributed by atoms with Crippen molar-refractivity contribution in [2.24, 2.45) is 5.73 Å². The van der Waals surface area contributed by atoms with E-state index in [9.17, 15) is 4.79 Å². The van der Waals surface area contributed by atoms with Gasteiger partial charge in [-0.1, -0.05) is 12.8 Å². The number of nitrogens with one attached hydrogen (secondary N) is 2. The van der Waals surface area contributed by atoms with Crippen LogP contribution in [0.5, 0.6) is 0 Å². The number of carbonyl (C=O) groups is 1. The van der Waals surface area contributed by atoms with Crippen molar-refractivity contribution in [3.05, 3.63) is 18.0 Å². The van der Waals surface area contributed by atoms with E-state index in [0.29, 0.717) is 6.42 Å². The quantitative estimate of drug-likeness (QED) is 0.735. The number of aromatic nitrogens is 2. The third-order valence-corrected chi connectivity index (χ3v) is 3.51. The maximum Gasteiger partial charge on any atom is 0.222 e. The molecule has 4 N–H and O–H groups in total. The van der Waals surface area contributed by atoms with Crippen molar-refractivity contribution < 1.29 is 4.79 Å². The lowest BCUT2D eigenvalue weighted by molar-refractivity contribution is -0.122. The van der Waals surface area contributed by atoms with Crippen LogP contribution in [-0.2, 0) is 4.79 Å². The molecule has 17 heavy (non-hydrogen) atoms. The molecule has 1 aliphatic carbocycles. The Kier molecular flexibility index (Phi) is 3.47. The molecule has 0 saturated heterocycles. The van der Waals surface area contributed by atoms with Gasteiger partial charge in [0.25, 0.3) is 0 Å². The summed E-state index contributed by atoms with van der Waals surface area (Å²) in [7, 11) is 0. The van der Waals surface area contributed by atoms with Gasteiger partial charge < -0.3 is 11.1 Å². The van der Waals surface area contributed by atoms with Gasteiger partial charge in [0.15, 0.2) is 0 Å². The van der Waals surface area contributed by atoms with Crippen molar-refractivity contribution in [1.29, 1.82) is 0 Å². The summed E-state index contributed by atoms with van der Waals surface area (Å²) in [5.74, 6) is 0.0306. The second kappa shape index (κ2) is 4.87. The van der Waals surface area contributed by atoms with Gasteiger partial charge in [-0.3, -0.25) is 9.89 Å². The molecule has 1 aromatic rings. The van der Waals surface area contributed by atoms with Crippen LogP contribution in [0.25, 0.3) is 0 Å².